The summed E-state index contributed by atoms with van der Waals surface area (Å²) < 4.78 is 31.3. The van der Waals surface area contributed by atoms with E-state index in [0.717, 1.165) is 38.1 Å². The number of hydrogen-bond donors (Lipinski definition) is 4. The molecule has 43 heavy (non-hydrogen) atoms. The number of nitrogens with zero attached hydrogens (tertiary/aromatic N) is 4. The lowest BCUT2D eigenvalue weighted by molar-refractivity contribution is 0.0636. The zero-order valence-corrected chi connectivity index (χ0v) is 25.7. The van der Waals surface area contributed by atoms with Crippen molar-refractivity contribution in [2.75, 3.05) is 67.0 Å². The standard InChI is InChI=1S/C30H41FN8O4/c1-18(2)38-10-12-39(13-11-38)24-16-26(42-7)23(15-21(24)32)36-28-33-17-20(31)27(37-28)35-22-14-19(8-9-25(22)41-6)34-29(40)43-30(3,4)5/h8-9,14-18H,10-13,32H2,1-7H3,(H,34,40)(H2,33,35,36,37). The van der Waals surface area contributed by atoms with Crippen LogP contribution in [0.4, 0.5) is 49.4 Å². The van der Waals surface area contributed by atoms with Crippen molar-refractivity contribution in [3.63, 3.8) is 0 Å². The minimum Gasteiger partial charge on any atom is -0.495 e. The Morgan fingerprint density at radius 1 is 1.00 bits per heavy atom. The van der Waals surface area contributed by atoms with Crippen LogP contribution in [0, 0.1) is 5.82 Å². The van der Waals surface area contributed by atoms with E-state index in [4.69, 9.17) is 19.9 Å². The zero-order chi connectivity index (χ0) is 31.3. The third-order valence-electron chi connectivity index (χ3n) is 6.82. The third-order valence-corrected chi connectivity index (χ3v) is 6.82. The van der Waals surface area contributed by atoms with Gasteiger partial charge in [0.05, 0.1) is 43.2 Å². The van der Waals surface area contributed by atoms with Crippen LogP contribution in [0.5, 0.6) is 11.5 Å². The molecule has 12 nitrogen and oxygen atoms in total. The van der Waals surface area contributed by atoms with Crippen molar-refractivity contribution in [2.45, 2.75) is 46.3 Å². The number of nitrogen functional groups attached to an aromatic ring is 1. The molecule has 1 aliphatic heterocycles. The van der Waals surface area contributed by atoms with Crippen LogP contribution in [0.1, 0.15) is 34.6 Å². The predicted octanol–water partition coefficient (Wildman–Crippen LogP) is 5.58. The van der Waals surface area contributed by atoms with Gasteiger partial charge in [0.1, 0.15) is 17.1 Å². The molecule has 13 heteroatoms. The number of anilines is 7. The van der Waals surface area contributed by atoms with Gasteiger partial charge in [-0.3, -0.25) is 10.2 Å². The number of piperazine rings is 1. The van der Waals surface area contributed by atoms with Gasteiger partial charge < -0.3 is 35.5 Å². The van der Waals surface area contributed by atoms with Crippen LogP contribution in [0.25, 0.3) is 0 Å². The lowest BCUT2D eigenvalue weighted by atomic mass is 10.1. The van der Waals surface area contributed by atoms with Gasteiger partial charge in [0, 0.05) is 44.0 Å². The molecular formula is C30H41FN8O4. The maximum atomic E-state index is 14.9. The molecule has 2 aromatic carbocycles. The number of ether oxygens (including phenoxy) is 3. The summed E-state index contributed by atoms with van der Waals surface area (Å²) in [5, 5.41) is 8.69. The number of nitrogens with one attached hydrogen (secondary N) is 3. The zero-order valence-electron chi connectivity index (χ0n) is 25.7. The van der Waals surface area contributed by atoms with Crippen LogP contribution in [0.3, 0.4) is 0 Å². The van der Waals surface area contributed by atoms with Gasteiger partial charge in [-0.05, 0) is 58.9 Å². The number of carbonyl (C=O) groups excluding carboxylic acids is 1. The fraction of sp³-hybridized carbons (Fsp3) is 0.433. The number of benzene rings is 2. The molecule has 1 amide bonds. The topological polar surface area (TPSA) is 139 Å². The summed E-state index contributed by atoms with van der Waals surface area (Å²) in [6, 6.07) is 9.00. The molecule has 1 saturated heterocycles. The van der Waals surface area contributed by atoms with E-state index < -0.39 is 17.5 Å². The maximum Gasteiger partial charge on any atom is 0.412 e. The molecule has 0 saturated carbocycles. The number of amides is 1. The van der Waals surface area contributed by atoms with Crippen molar-refractivity contribution in [2.24, 2.45) is 0 Å². The molecule has 1 aliphatic rings. The van der Waals surface area contributed by atoms with Crippen molar-refractivity contribution in [1.82, 2.24) is 14.9 Å². The summed E-state index contributed by atoms with van der Waals surface area (Å²) in [7, 11) is 3.05. The lowest BCUT2D eigenvalue weighted by Crippen LogP contribution is -2.49. The number of halogens is 1. The van der Waals surface area contributed by atoms with Gasteiger partial charge in [-0.1, -0.05) is 0 Å². The van der Waals surface area contributed by atoms with Gasteiger partial charge in [0.15, 0.2) is 11.6 Å². The van der Waals surface area contributed by atoms with Crippen LogP contribution in [0.2, 0.25) is 0 Å². The van der Waals surface area contributed by atoms with Crippen molar-refractivity contribution in [3.05, 3.63) is 42.3 Å². The van der Waals surface area contributed by atoms with Gasteiger partial charge in [-0.25, -0.2) is 14.2 Å². The van der Waals surface area contributed by atoms with E-state index in [9.17, 15) is 9.18 Å². The van der Waals surface area contributed by atoms with Crippen LogP contribution < -0.4 is 36.1 Å². The van der Waals surface area contributed by atoms with Gasteiger partial charge in [0.25, 0.3) is 0 Å². The van der Waals surface area contributed by atoms with Gasteiger partial charge in [-0.2, -0.15) is 4.98 Å². The molecule has 0 bridgehead atoms. The fourth-order valence-corrected chi connectivity index (χ4v) is 4.67. The minimum atomic E-state index is -0.694. The number of methoxy groups -OCH3 is 2. The van der Waals surface area contributed by atoms with Gasteiger partial charge in [-0.15, -0.1) is 0 Å². The van der Waals surface area contributed by atoms with Crippen molar-refractivity contribution < 1.29 is 23.4 Å². The Morgan fingerprint density at radius 3 is 2.30 bits per heavy atom. The number of rotatable bonds is 9. The fourth-order valence-electron chi connectivity index (χ4n) is 4.67. The molecule has 4 rings (SSSR count). The summed E-state index contributed by atoms with van der Waals surface area (Å²) in [6.45, 7) is 13.3. The first kappa shape index (κ1) is 31.4. The molecule has 5 N–H and O–H groups in total. The number of nitrogens with two attached hydrogens (primary N) is 1. The average Bonchev–Trinajstić information content (AvgIpc) is 2.94. The van der Waals surface area contributed by atoms with Crippen molar-refractivity contribution in [1.29, 1.82) is 0 Å². The molecule has 1 aromatic heterocycles. The molecule has 0 radical (unpaired) electrons. The van der Waals surface area contributed by atoms with E-state index in [1.165, 1.54) is 7.11 Å². The molecule has 1 fully saturated rings. The first-order valence-corrected chi connectivity index (χ1v) is 14.1. The van der Waals surface area contributed by atoms with Crippen molar-refractivity contribution >= 4 is 46.3 Å². The van der Waals surface area contributed by atoms with E-state index in [1.807, 2.05) is 6.07 Å². The molecular weight excluding hydrogens is 555 g/mol. The Hall–Kier alpha value is -4.52. The third kappa shape index (κ3) is 8.07. The lowest BCUT2D eigenvalue weighted by Gasteiger charge is -2.38. The number of carbonyl (C=O) groups is 1. The monoisotopic (exact) mass is 596 g/mol. The van der Waals surface area contributed by atoms with E-state index in [2.05, 4.69) is 49.6 Å². The summed E-state index contributed by atoms with van der Waals surface area (Å²) in [4.78, 5) is 25.4. The van der Waals surface area contributed by atoms with Crippen LogP contribution in [-0.4, -0.2) is 73.0 Å². The van der Waals surface area contributed by atoms with Crippen LogP contribution >= 0.6 is 0 Å². The second-order valence-corrected chi connectivity index (χ2v) is 11.4. The molecule has 3 aromatic rings. The highest BCUT2D eigenvalue weighted by molar-refractivity contribution is 5.86. The predicted molar refractivity (Wildman–Crippen MR) is 168 cm³/mol. The van der Waals surface area contributed by atoms with E-state index in [1.54, 1.807) is 52.1 Å². The van der Waals surface area contributed by atoms with E-state index in [0.29, 0.717) is 40.3 Å². The van der Waals surface area contributed by atoms with Gasteiger partial charge in [0.2, 0.25) is 5.95 Å². The molecule has 0 unspecified atom stereocenters. The highest BCUT2D eigenvalue weighted by atomic mass is 19.1. The van der Waals surface area contributed by atoms with E-state index in [-0.39, 0.29) is 11.8 Å². The largest absolute Gasteiger partial charge is 0.495 e. The first-order valence-electron chi connectivity index (χ1n) is 14.1. The summed E-state index contributed by atoms with van der Waals surface area (Å²) in [6.07, 6.45) is 0.422. The Labute approximate surface area is 251 Å². The van der Waals surface area contributed by atoms with Crippen LogP contribution in [-0.2, 0) is 4.74 Å². The first-order chi connectivity index (χ1) is 20.4. The average molecular weight is 597 g/mol. The van der Waals surface area contributed by atoms with E-state index >= 15 is 0 Å². The summed E-state index contributed by atoms with van der Waals surface area (Å²) in [5.41, 5.74) is 8.58. The minimum absolute atomic E-state index is 0.113. The number of aromatic nitrogens is 2. The molecule has 2 heterocycles. The van der Waals surface area contributed by atoms with Crippen molar-refractivity contribution in [3.8, 4) is 11.5 Å². The normalized spacial score (nSPS) is 13.9. The van der Waals surface area contributed by atoms with Gasteiger partial charge >= 0.3 is 6.09 Å². The van der Waals surface area contributed by atoms with Crippen LogP contribution in [0.15, 0.2) is 36.5 Å². The molecule has 232 valence electrons. The quantitative estimate of drug-likeness (QED) is 0.230. The Morgan fingerprint density at radius 2 is 1.67 bits per heavy atom. The molecule has 0 atom stereocenters. The smallest absolute Gasteiger partial charge is 0.412 e. The Kier molecular flexibility index (Phi) is 9.64. The summed E-state index contributed by atoms with van der Waals surface area (Å²) in [5.74, 6) is 0.251. The SMILES string of the molecule is COc1cc(N2CCN(C(C)C)CC2)c(N)cc1Nc1ncc(F)c(Nc2cc(NC(=O)OC(C)(C)C)ccc2OC)n1. The molecule has 0 spiro atoms. The summed E-state index contributed by atoms with van der Waals surface area (Å²) >= 11 is 0. The highest BCUT2D eigenvalue weighted by Crippen LogP contribution is 2.37. The Balaban J connectivity index is 1.54. The second kappa shape index (κ2) is 13.2. The highest BCUT2D eigenvalue weighted by Gasteiger charge is 2.22. The molecule has 0 aliphatic carbocycles. The second-order valence-electron chi connectivity index (χ2n) is 11.4. The Bertz CT molecular complexity index is 1440. The number of hydrogen-bond acceptors (Lipinski definition) is 11. The maximum absolute atomic E-state index is 14.9.